The first-order chi connectivity index (χ1) is 13.0. The molecule has 0 aliphatic heterocycles. The average molecular weight is 359 g/mol. The predicted molar refractivity (Wildman–Crippen MR) is 106 cm³/mol. The summed E-state index contributed by atoms with van der Waals surface area (Å²) in [5.74, 6) is -0.669. The van der Waals surface area contributed by atoms with Crippen LogP contribution < -0.4 is 10.6 Å². The van der Waals surface area contributed by atoms with E-state index in [-0.39, 0.29) is 23.2 Å². The van der Waals surface area contributed by atoms with Crippen LogP contribution in [0.25, 0.3) is 0 Å². The first kappa shape index (κ1) is 18.3. The van der Waals surface area contributed by atoms with Gasteiger partial charge in [0, 0.05) is 12.2 Å². The molecule has 0 aliphatic rings. The van der Waals surface area contributed by atoms with Gasteiger partial charge in [-0.3, -0.25) is 9.59 Å². The van der Waals surface area contributed by atoms with Crippen LogP contribution in [0.2, 0.25) is 0 Å². The van der Waals surface area contributed by atoms with Crippen molar-refractivity contribution in [2.45, 2.75) is 20.4 Å². The van der Waals surface area contributed by atoms with Crippen molar-refractivity contribution in [2.75, 3.05) is 5.32 Å². The van der Waals surface area contributed by atoms with Gasteiger partial charge in [-0.05, 0) is 54.8 Å². The van der Waals surface area contributed by atoms with E-state index < -0.39 is 0 Å². The minimum Gasteiger partial charge on any atom is -0.347 e. The van der Waals surface area contributed by atoms with Crippen LogP contribution in [0.4, 0.5) is 5.69 Å². The molecule has 2 aromatic carbocycles. The second kappa shape index (κ2) is 8.27. The molecule has 2 amide bonds. The summed E-state index contributed by atoms with van der Waals surface area (Å²) in [6.45, 7) is 4.34. The number of benzene rings is 2. The summed E-state index contributed by atoms with van der Waals surface area (Å²) >= 11 is 0. The van der Waals surface area contributed by atoms with Crippen LogP contribution in [0.1, 0.15) is 37.7 Å². The molecule has 0 saturated heterocycles. The molecule has 5 nitrogen and oxygen atoms in total. The summed E-state index contributed by atoms with van der Waals surface area (Å²) in [5, 5.41) is 5.64. The molecule has 5 heteroatoms. The van der Waals surface area contributed by atoms with E-state index in [1.54, 1.807) is 18.2 Å². The topological polar surface area (TPSA) is 71.1 Å². The number of nitrogens with zero attached hydrogens (tertiary/aromatic N) is 1. The van der Waals surface area contributed by atoms with Crippen LogP contribution in [0.3, 0.4) is 0 Å². The fourth-order valence-corrected chi connectivity index (χ4v) is 2.80. The van der Waals surface area contributed by atoms with E-state index in [0.29, 0.717) is 12.2 Å². The van der Waals surface area contributed by atoms with Crippen molar-refractivity contribution in [3.05, 3.63) is 94.8 Å². The first-order valence-corrected chi connectivity index (χ1v) is 8.70. The number of rotatable bonds is 5. The van der Waals surface area contributed by atoms with Crippen molar-refractivity contribution in [3.63, 3.8) is 0 Å². The molecule has 3 aromatic rings. The molecule has 27 heavy (non-hydrogen) atoms. The van der Waals surface area contributed by atoms with E-state index in [1.807, 2.05) is 62.4 Å². The van der Waals surface area contributed by atoms with Gasteiger partial charge in [0.25, 0.3) is 11.8 Å². The van der Waals surface area contributed by atoms with E-state index in [2.05, 4.69) is 15.6 Å². The molecular formula is C22H21N3O2. The monoisotopic (exact) mass is 359 g/mol. The lowest BCUT2D eigenvalue weighted by Gasteiger charge is -2.09. The summed E-state index contributed by atoms with van der Waals surface area (Å²) in [4.78, 5) is 29.0. The van der Waals surface area contributed by atoms with Crippen molar-refractivity contribution in [2.24, 2.45) is 0 Å². The summed E-state index contributed by atoms with van der Waals surface area (Å²) in [6, 6.07) is 20.3. The average Bonchev–Trinajstić information content (AvgIpc) is 2.66. The van der Waals surface area contributed by atoms with Crippen LogP contribution in [-0.2, 0) is 6.54 Å². The van der Waals surface area contributed by atoms with Gasteiger partial charge < -0.3 is 10.6 Å². The second-order valence-corrected chi connectivity index (χ2v) is 6.41. The van der Waals surface area contributed by atoms with Gasteiger partial charge in [-0.25, -0.2) is 4.98 Å². The summed E-state index contributed by atoms with van der Waals surface area (Å²) in [6.07, 6.45) is 0. The second-order valence-electron chi connectivity index (χ2n) is 6.41. The molecule has 0 saturated carbocycles. The number of anilines is 1. The lowest BCUT2D eigenvalue weighted by molar-refractivity contribution is 0.0945. The molecule has 136 valence electrons. The fraction of sp³-hybridized carbons (Fsp3) is 0.136. The fourth-order valence-electron chi connectivity index (χ4n) is 2.80. The largest absolute Gasteiger partial charge is 0.347 e. The number of carbonyl (C=O) groups excluding carboxylic acids is 2. The highest BCUT2D eigenvalue weighted by molar-refractivity contribution is 6.03. The number of pyridine rings is 1. The number of carbonyl (C=O) groups is 2. The normalized spacial score (nSPS) is 10.3. The molecule has 1 aromatic heterocycles. The molecule has 0 atom stereocenters. The van der Waals surface area contributed by atoms with E-state index in [0.717, 1.165) is 16.7 Å². The highest BCUT2D eigenvalue weighted by atomic mass is 16.2. The van der Waals surface area contributed by atoms with Gasteiger partial charge in [0.05, 0.1) is 0 Å². The lowest BCUT2D eigenvalue weighted by atomic mass is 10.1. The molecule has 3 rings (SSSR count). The smallest absolute Gasteiger partial charge is 0.274 e. The van der Waals surface area contributed by atoms with Crippen LogP contribution >= 0.6 is 0 Å². The quantitative estimate of drug-likeness (QED) is 0.726. The van der Waals surface area contributed by atoms with Gasteiger partial charge in [0.1, 0.15) is 11.4 Å². The number of nitrogens with one attached hydrogen (secondary N) is 2. The van der Waals surface area contributed by atoms with E-state index in [1.165, 1.54) is 0 Å². The summed E-state index contributed by atoms with van der Waals surface area (Å²) in [5.41, 5.74) is 4.23. The molecule has 0 unspecified atom stereocenters. The number of hydrogen-bond acceptors (Lipinski definition) is 3. The predicted octanol–water partition coefficient (Wildman–Crippen LogP) is 3.88. The first-order valence-electron chi connectivity index (χ1n) is 8.70. The number of hydrogen-bond donors (Lipinski definition) is 2. The Hall–Kier alpha value is -3.47. The van der Waals surface area contributed by atoms with Gasteiger partial charge >= 0.3 is 0 Å². The molecule has 0 spiro atoms. The molecule has 0 radical (unpaired) electrons. The molecular weight excluding hydrogens is 338 g/mol. The van der Waals surface area contributed by atoms with Gasteiger partial charge in [0.2, 0.25) is 0 Å². The van der Waals surface area contributed by atoms with Crippen LogP contribution in [0.15, 0.2) is 66.7 Å². The van der Waals surface area contributed by atoms with Crippen LogP contribution in [-0.4, -0.2) is 16.8 Å². The van der Waals surface area contributed by atoms with E-state index in [9.17, 15) is 9.59 Å². The maximum absolute atomic E-state index is 12.5. The third-order valence-corrected chi connectivity index (χ3v) is 3.99. The maximum atomic E-state index is 12.5. The van der Waals surface area contributed by atoms with Crippen molar-refractivity contribution in [1.82, 2.24) is 10.3 Å². The van der Waals surface area contributed by atoms with Crippen molar-refractivity contribution in [3.8, 4) is 0 Å². The van der Waals surface area contributed by atoms with Gasteiger partial charge in [0.15, 0.2) is 0 Å². The van der Waals surface area contributed by atoms with E-state index >= 15 is 0 Å². The van der Waals surface area contributed by atoms with Crippen molar-refractivity contribution >= 4 is 17.5 Å². The molecule has 0 bridgehead atoms. The standard InChI is InChI=1S/C22H21N3O2/c1-15-11-16(2)13-18(12-15)24-22(27)20-10-6-9-19(25-20)21(26)23-14-17-7-4-3-5-8-17/h3-13H,14H2,1-2H3,(H,23,26)(H,24,27). The number of amides is 2. The maximum Gasteiger partial charge on any atom is 0.274 e. The third-order valence-electron chi connectivity index (χ3n) is 3.99. The molecule has 0 fully saturated rings. The minimum atomic E-state index is -0.349. The zero-order valence-electron chi connectivity index (χ0n) is 15.3. The Balaban J connectivity index is 1.68. The Morgan fingerprint density at radius 1 is 0.815 bits per heavy atom. The Morgan fingerprint density at radius 2 is 1.44 bits per heavy atom. The lowest BCUT2D eigenvalue weighted by Crippen LogP contribution is -2.25. The van der Waals surface area contributed by atoms with Gasteiger partial charge in [-0.2, -0.15) is 0 Å². The Labute approximate surface area is 158 Å². The van der Waals surface area contributed by atoms with Gasteiger partial charge in [-0.1, -0.05) is 42.5 Å². The Bertz CT molecular complexity index is 948. The van der Waals surface area contributed by atoms with E-state index in [4.69, 9.17) is 0 Å². The third kappa shape index (κ3) is 5.01. The number of aryl methyl sites for hydroxylation is 2. The highest BCUT2D eigenvalue weighted by Gasteiger charge is 2.13. The molecule has 1 heterocycles. The highest BCUT2D eigenvalue weighted by Crippen LogP contribution is 2.14. The summed E-state index contributed by atoms with van der Waals surface area (Å²) < 4.78 is 0. The van der Waals surface area contributed by atoms with Crippen molar-refractivity contribution < 1.29 is 9.59 Å². The SMILES string of the molecule is Cc1cc(C)cc(NC(=O)c2cccc(C(=O)NCc3ccccc3)n2)c1. The van der Waals surface area contributed by atoms with Crippen LogP contribution in [0.5, 0.6) is 0 Å². The van der Waals surface area contributed by atoms with Crippen molar-refractivity contribution in [1.29, 1.82) is 0 Å². The summed E-state index contributed by atoms with van der Waals surface area (Å²) in [7, 11) is 0. The zero-order valence-corrected chi connectivity index (χ0v) is 15.3. The zero-order chi connectivity index (χ0) is 19.2. The Morgan fingerprint density at radius 3 is 2.11 bits per heavy atom. The molecule has 0 aliphatic carbocycles. The molecule has 2 N–H and O–H groups in total. The minimum absolute atomic E-state index is 0.196. The van der Waals surface area contributed by atoms with Gasteiger partial charge in [-0.15, -0.1) is 0 Å². The van der Waals surface area contributed by atoms with Crippen LogP contribution in [0, 0.1) is 13.8 Å². The number of aromatic nitrogens is 1. The Kier molecular flexibility index (Phi) is 5.61.